The van der Waals surface area contributed by atoms with E-state index in [1.807, 2.05) is 0 Å². The fraction of sp³-hybridized carbons (Fsp3) is 0.0400. The second-order valence-corrected chi connectivity index (χ2v) is 12.1. The third kappa shape index (κ3) is 4.26. The van der Waals surface area contributed by atoms with Crippen LogP contribution in [0.5, 0.6) is 0 Å². The number of halogens is 15. The van der Waals surface area contributed by atoms with E-state index in [1.54, 1.807) is 0 Å². The number of hydrogen-bond donors (Lipinski definition) is 0. The van der Waals surface area contributed by atoms with Gasteiger partial charge in [-0.1, -0.05) is 30.3 Å². The highest BCUT2D eigenvalue weighted by Crippen LogP contribution is 2.29. The van der Waals surface area contributed by atoms with Gasteiger partial charge in [-0.15, -0.1) is 0 Å². The van der Waals surface area contributed by atoms with Gasteiger partial charge in [-0.3, -0.25) is 0 Å². The molecule has 0 aliphatic carbocycles. The maximum absolute atomic E-state index is 15.4. The smallest absolute Gasteiger partial charge is 0.200 e. The van der Waals surface area contributed by atoms with Crippen LogP contribution in [0.1, 0.15) is 5.56 Å². The highest BCUT2D eigenvalue weighted by Gasteiger charge is 2.55. The van der Waals surface area contributed by atoms with Crippen LogP contribution in [-0.2, 0) is 6.04 Å². The Morgan fingerprint density at radius 3 is 0.780 bits per heavy atom. The molecule has 216 valence electrons. The van der Waals surface area contributed by atoms with E-state index in [4.69, 9.17) is 0 Å². The van der Waals surface area contributed by atoms with Crippen LogP contribution < -0.4 is 15.6 Å². The summed E-state index contributed by atoms with van der Waals surface area (Å²) in [5, 5.41) is -7.66. The van der Waals surface area contributed by atoms with Crippen molar-refractivity contribution < 1.29 is 65.9 Å². The van der Waals surface area contributed by atoms with Crippen LogP contribution in [0.3, 0.4) is 0 Å². The average Bonchev–Trinajstić information content (AvgIpc) is 2.95. The average molecular weight is 620 g/mol. The molecule has 0 aliphatic heterocycles. The molecule has 0 saturated carbocycles. The van der Waals surface area contributed by atoms with Gasteiger partial charge < -0.3 is 0 Å². The molecule has 0 bridgehead atoms. The molecule has 0 aliphatic rings. The minimum Gasteiger partial charge on any atom is -0.204 e. The van der Waals surface area contributed by atoms with Crippen molar-refractivity contribution in [1.29, 1.82) is 0 Å². The van der Waals surface area contributed by atoms with Crippen molar-refractivity contribution in [2.24, 2.45) is 0 Å². The zero-order valence-corrected chi connectivity index (χ0v) is 20.3. The lowest BCUT2D eigenvalue weighted by atomic mass is 10.2. The Hall–Kier alpha value is -3.95. The summed E-state index contributed by atoms with van der Waals surface area (Å²) >= 11 is 0. The summed E-state index contributed by atoms with van der Waals surface area (Å²) in [6.45, 7) is 0. The van der Waals surface area contributed by atoms with Crippen molar-refractivity contribution in [1.82, 2.24) is 0 Å². The van der Waals surface area contributed by atoms with Crippen LogP contribution in [0.2, 0.25) is 0 Å². The van der Waals surface area contributed by atoms with Crippen molar-refractivity contribution in [3.8, 4) is 0 Å². The van der Waals surface area contributed by atoms with Crippen molar-refractivity contribution >= 4 is 23.6 Å². The topological polar surface area (TPSA) is 0 Å². The quantitative estimate of drug-likeness (QED) is 0.0842. The van der Waals surface area contributed by atoms with E-state index in [2.05, 4.69) is 0 Å². The molecule has 4 aromatic carbocycles. The van der Waals surface area contributed by atoms with E-state index in [0.29, 0.717) is 0 Å². The molecule has 0 radical (unpaired) electrons. The fourth-order valence-corrected chi connectivity index (χ4v) is 9.52. The molecule has 0 spiro atoms. The molecule has 0 nitrogen and oxygen atoms in total. The van der Waals surface area contributed by atoms with E-state index in [-0.39, 0.29) is 0 Å². The largest absolute Gasteiger partial charge is 0.204 e. The number of rotatable bonds is 5. The normalized spacial score (nSPS) is 11.9. The first-order valence-electron chi connectivity index (χ1n) is 10.7. The lowest BCUT2D eigenvalue weighted by Crippen LogP contribution is -2.74. The van der Waals surface area contributed by atoms with Crippen LogP contribution >= 0.6 is 0 Å². The standard InChI is InChI=1S/C25H7F15Si/c26-8-11(29)17(35)23(18(36)12(8)30)41(6-7-4-2-1-3-5-7,24-19(37)13(31)9(27)14(32)20(24)38)25-21(39)15(33)10(28)16(34)22(25)40/h1-5H,6H2. The number of hydrogen-bond acceptors (Lipinski definition) is 0. The Morgan fingerprint density at radius 2 is 0.537 bits per heavy atom. The third-order valence-electron chi connectivity index (χ3n) is 6.22. The maximum atomic E-state index is 15.4. The monoisotopic (exact) mass is 620 g/mol. The van der Waals surface area contributed by atoms with E-state index < -0.39 is 122 Å². The van der Waals surface area contributed by atoms with Gasteiger partial charge in [-0.25, -0.2) is 65.9 Å². The van der Waals surface area contributed by atoms with Gasteiger partial charge in [0.15, 0.2) is 77.9 Å². The first-order valence-corrected chi connectivity index (χ1v) is 12.9. The summed E-state index contributed by atoms with van der Waals surface area (Å²) in [5.41, 5.74) is -0.573. The van der Waals surface area contributed by atoms with E-state index in [9.17, 15) is 39.5 Å². The summed E-state index contributed by atoms with van der Waals surface area (Å²) in [5.74, 6) is -44.8. The molecular formula is C25H7F15Si. The molecule has 4 rings (SSSR count). The molecular weight excluding hydrogens is 613 g/mol. The Morgan fingerprint density at radius 1 is 0.317 bits per heavy atom. The summed E-state index contributed by atoms with van der Waals surface area (Å²) in [6, 6.07) is 3.26. The van der Waals surface area contributed by atoms with Crippen LogP contribution in [0, 0.1) is 87.3 Å². The Balaban J connectivity index is 2.47. The second-order valence-electron chi connectivity index (χ2n) is 8.40. The van der Waals surface area contributed by atoms with Gasteiger partial charge in [0.05, 0.1) is 0 Å². The molecule has 0 aromatic heterocycles. The van der Waals surface area contributed by atoms with E-state index >= 15 is 26.3 Å². The van der Waals surface area contributed by atoms with Gasteiger partial charge in [0.1, 0.15) is 0 Å². The predicted octanol–water partition coefficient (Wildman–Crippen LogP) is 6.03. The molecule has 0 N–H and O–H groups in total. The van der Waals surface area contributed by atoms with Gasteiger partial charge in [-0.05, 0) is 11.6 Å². The maximum Gasteiger partial charge on any atom is 0.200 e. The van der Waals surface area contributed by atoms with Gasteiger partial charge >= 0.3 is 0 Å². The van der Waals surface area contributed by atoms with Crippen molar-refractivity contribution in [2.45, 2.75) is 6.04 Å². The summed E-state index contributed by atoms with van der Waals surface area (Å²) in [6.07, 6.45) is 0. The summed E-state index contributed by atoms with van der Waals surface area (Å²) in [7, 11) is -6.88. The molecule has 4 aromatic rings. The van der Waals surface area contributed by atoms with Crippen molar-refractivity contribution in [3.63, 3.8) is 0 Å². The third-order valence-corrected chi connectivity index (χ3v) is 11.0. The Kier molecular flexibility index (Phi) is 7.66. The first-order chi connectivity index (χ1) is 19.1. The summed E-state index contributed by atoms with van der Waals surface area (Å²) in [4.78, 5) is 0. The highest BCUT2D eigenvalue weighted by atomic mass is 28.3. The Bertz CT molecular complexity index is 1460. The molecule has 0 heterocycles. The van der Waals surface area contributed by atoms with Gasteiger partial charge in [0, 0.05) is 15.6 Å². The first kappa shape index (κ1) is 30.0. The lowest BCUT2D eigenvalue weighted by molar-refractivity contribution is 0.379. The van der Waals surface area contributed by atoms with Crippen LogP contribution in [0.4, 0.5) is 65.9 Å². The number of benzene rings is 4. The fourth-order valence-electron chi connectivity index (χ4n) is 4.48. The Labute approximate surface area is 219 Å². The van der Waals surface area contributed by atoms with Gasteiger partial charge in [0.2, 0.25) is 17.5 Å². The van der Waals surface area contributed by atoms with Crippen LogP contribution in [0.15, 0.2) is 30.3 Å². The minimum absolute atomic E-state index is 0.573. The molecule has 0 saturated heterocycles. The SMILES string of the molecule is Fc1c(F)c(F)c([Si](Cc2ccccc2)(c2c(F)c(F)c(F)c(F)c2F)c2c(F)c(F)c(F)c(F)c2F)c(F)c1F. The van der Waals surface area contributed by atoms with Crippen molar-refractivity contribution in [3.05, 3.63) is 123 Å². The molecule has 41 heavy (non-hydrogen) atoms. The van der Waals surface area contributed by atoms with Crippen molar-refractivity contribution in [2.75, 3.05) is 0 Å². The lowest BCUT2D eigenvalue weighted by Gasteiger charge is -2.35. The van der Waals surface area contributed by atoms with Crippen LogP contribution in [0.25, 0.3) is 0 Å². The van der Waals surface area contributed by atoms with Gasteiger partial charge in [0.25, 0.3) is 0 Å². The summed E-state index contributed by atoms with van der Waals surface area (Å²) < 4.78 is 221. The highest BCUT2D eigenvalue weighted by molar-refractivity contribution is 7.11. The molecule has 0 fully saturated rings. The molecule has 16 heteroatoms. The van der Waals surface area contributed by atoms with Crippen LogP contribution in [-0.4, -0.2) is 8.07 Å². The minimum atomic E-state index is -6.88. The molecule has 0 atom stereocenters. The van der Waals surface area contributed by atoms with E-state index in [1.165, 1.54) is 6.07 Å². The second kappa shape index (κ2) is 10.5. The molecule has 0 amide bonds. The zero-order chi connectivity index (χ0) is 30.7. The molecule has 0 unspecified atom stereocenters. The van der Waals surface area contributed by atoms with Gasteiger partial charge in [-0.2, -0.15) is 0 Å². The van der Waals surface area contributed by atoms with E-state index in [0.717, 1.165) is 24.3 Å². The zero-order valence-electron chi connectivity index (χ0n) is 19.3. The predicted molar refractivity (Wildman–Crippen MR) is 113 cm³/mol.